The summed E-state index contributed by atoms with van der Waals surface area (Å²) in [5.74, 6) is 0.0642. The third-order valence-electron chi connectivity index (χ3n) is 3.98. The highest BCUT2D eigenvalue weighted by molar-refractivity contribution is 6.10. The molecule has 0 radical (unpaired) electrons. The molecule has 0 atom stereocenters. The summed E-state index contributed by atoms with van der Waals surface area (Å²) in [7, 11) is 1.60. The van der Waals surface area contributed by atoms with Gasteiger partial charge in [0, 0.05) is 17.3 Å². The molecule has 0 saturated carbocycles. The number of benzene rings is 1. The zero-order valence-electron chi connectivity index (χ0n) is 14.6. The third kappa shape index (κ3) is 3.37. The zero-order chi connectivity index (χ0) is 18.5. The summed E-state index contributed by atoms with van der Waals surface area (Å²) >= 11 is 0. The molecule has 1 aromatic carbocycles. The number of carbonyl (C=O) groups is 1. The van der Waals surface area contributed by atoms with Crippen LogP contribution < -0.4 is 4.74 Å². The van der Waals surface area contributed by atoms with Crippen molar-refractivity contribution in [1.82, 2.24) is 0 Å². The highest BCUT2D eigenvalue weighted by Gasteiger charge is 2.26. The van der Waals surface area contributed by atoms with E-state index >= 15 is 0 Å². The van der Waals surface area contributed by atoms with Gasteiger partial charge in [-0.2, -0.15) is 0 Å². The van der Waals surface area contributed by atoms with Crippen LogP contribution in [0.2, 0.25) is 0 Å². The van der Waals surface area contributed by atoms with Crippen LogP contribution in [0.1, 0.15) is 22.8 Å². The van der Waals surface area contributed by atoms with Gasteiger partial charge in [0.05, 0.1) is 19.4 Å². The smallest absolute Gasteiger partial charge is 0.342 e. The molecule has 5 heteroatoms. The van der Waals surface area contributed by atoms with Crippen molar-refractivity contribution in [3.8, 4) is 22.6 Å². The van der Waals surface area contributed by atoms with Gasteiger partial charge in [0.1, 0.15) is 17.1 Å². The van der Waals surface area contributed by atoms with Gasteiger partial charge >= 0.3 is 5.97 Å². The number of methoxy groups -OCH3 is 1. The first-order chi connectivity index (χ1) is 12.7. The minimum Gasteiger partial charge on any atom is -0.506 e. The van der Waals surface area contributed by atoms with Gasteiger partial charge in [0.15, 0.2) is 0 Å². The maximum absolute atomic E-state index is 12.3. The molecule has 0 aromatic heterocycles. The first-order valence-electron chi connectivity index (χ1n) is 8.24. The molecule has 1 aromatic rings. The summed E-state index contributed by atoms with van der Waals surface area (Å²) in [4.78, 5) is 16.7. The number of rotatable bonds is 5. The van der Waals surface area contributed by atoms with E-state index in [2.05, 4.69) is 4.99 Å². The van der Waals surface area contributed by atoms with Crippen molar-refractivity contribution in [1.29, 1.82) is 0 Å². The maximum atomic E-state index is 12.3. The van der Waals surface area contributed by atoms with Gasteiger partial charge in [0.25, 0.3) is 0 Å². The summed E-state index contributed by atoms with van der Waals surface area (Å²) in [6.07, 6.45) is 1.56. The molecule has 0 bridgehead atoms. The second-order valence-corrected chi connectivity index (χ2v) is 5.55. The molecule has 5 nitrogen and oxygen atoms in total. The third-order valence-corrected chi connectivity index (χ3v) is 3.98. The molecule has 0 fully saturated rings. The summed E-state index contributed by atoms with van der Waals surface area (Å²) in [6, 6.07) is 16.4. The number of aromatic hydroxyl groups is 1. The van der Waals surface area contributed by atoms with E-state index in [0.717, 1.165) is 11.3 Å². The van der Waals surface area contributed by atoms with E-state index in [9.17, 15) is 9.90 Å². The highest BCUT2D eigenvalue weighted by atomic mass is 16.5. The molecule has 26 heavy (non-hydrogen) atoms. The Labute approximate surface area is 151 Å². The second-order valence-electron chi connectivity index (χ2n) is 5.55. The van der Waals surface area contributed by atoms with Crippen molar-refractivity contribution in [3.63, 3.8) is 0 Å². The lowest BCUT2D eigenvalue weighted by Crippen LogP contribution is -2.04. The SMILES string of the molecule is CCOC(=O)c1c2cccccc-2c(C=Nc2ccc(OC)cc2)c1O. The van der Waals surface area contributed by atoms with Crippen molar-refractivity contribution in [2.24, 2.45) is 4.99 Å². The minimum absolute atomic E-state index is 0.123. The largest absolute Gasteiger partial charge is 0.506 e. The maximum Gasteiger partial charge on any atom is 0.342 e. The van der Waals surface area contributed by atoms with Crippen LogP contribution in [0.3, 0.4) is 0 Å². The Bertz CT molecular complexity index is 916. The Hall–Kier alpha value is -3.34. The van der Waals surface area contributed by atoms with Gasteiger partial charge in [-0.3, -0.25) is 4.99 Å². The Morgan fingerprint density at radius 2 is 1.77 bits per heavy atom. The van der Waals surface area contributed by atoms with Crippen molar-refractivity contribution >= 4 is 17.9 Å². The molecule has 132 valence electrons. The lowest BCUT2D eigenvalue weighted by atomic mass is 10.1. The number of esters is 1. The quantitative estimate of drug-likeness (QED) is 0.546. The fourth-order valence-corrected chi connectivity index (χ4v) is 2.74. The fraction of sp³-hybridized carbons (Fsp3) is 0.143. The van der Waals surface area contributed by atoms with E-state index in [4.69, 9.17) is 9.47 Å². The number of fused-ring (bicyclic) bond motifs is 1. The molecule has 0 amide bonds. The van der Waals surface area contributed by atoms with Crippen LogP contribution in [0.25, 0.3) is 11.1 Å². The topological polar surface area (TPSA) is 68.1 Å². The molecular formula is C21H19NO4. The van der Waals surface area contributed by atoms with Gasteiger partial charge in [-0.1, -0.05) is 30.3 Å². The number of ether oxygens (including phenoxy) is 2. The second kappa shape index (κ2) is 7.70. The predicted octanol–water partition coefficient (Wildman–Crippen LogP) is 4.43. The summed E-state index contributed by atoms with van der Waals surface area (Å²) < 4.78 is 10.2. The highest BCUT2D eigenvalue weighted by Crippen LogP contribution is 2.40. The van der Waals surface area contributed by atoms with E-state index < -0.39 is 5.97 Å². The number of hydrogen-bond donors (Lipinski definition) is 1. The van der Waals surface area contributed by atoms with Crippen LogP contribution in [0, 0.1) is 0 Å². The van der Waals surface area contributed by atoms with Crippen molar-refractivity contribution in [3.05, 3.63) is 65.7 Å². The van der Waals surface area contributed by atoms with Crippen LogP contribution in [-0.2, 0) is 4.74 Å². The molecular weight excluding hydrogens is 330 g/mol. The number of aliphatic imine (C=N–C) groups is 1. The monoisotopic (exact) mass is 349 g/mol. The lowest BCUT2D eigenvalue weighted by Gasteiger charge is -2.02. The van der Waals surface area contributed by atoms with Gasteiger partial charge in [-0.15, -0.1) is 0 Å². The molecule has 3 rings (SSSR count). The van der Waals surface area contributed by atoms with E-state index in [0.29, 0.717) is 16.8 Å². The molecule has 0 aliphatic heterocycles. The molecule has 0 heterocycles. The summed E-state index contributed by atoms with van der Waals surface area (Å²) in [6.45, 7) is 1.96. The minimum atomic E-state index is -0.551. The van der Waals surface area contributed by atoms with E-state index in [-0.39, 0.29) is 17.9 Å². The van der Waals surface area contributed by atoms with Crippen molar-refractivity contribution in [2.75, 3.05) is 13.7 Å². The molecule has 0 unspecified atom stereocenters. The average Bonchev–Trinajstić information content (AvgIpc) is 2.79. The molecule has 2 aliphatic rings. The summed E-state index contributed by atoms with van der Waals surface area (Å²) in [5, 5.41) is 10.6. The van der Waals surface area contributed by atoms with Gasteiger partial charge in [-0.25, -0.2) is 4.79 Å². The molecule has 2 aliphatic carbocycles. The summed E-state index contributed by atoms with van der Waals surface area (Å²) in [5.41, 5.74) is 2.71. The molecule has 0 saturated heterocycles. The number of nitrogens with zero attached hydrogens (tertiary/aromatic N) is 1. The van der Waals surface area contributed by atoms with Gasteiger partial charge in [-0.05, 0) is 36.8 Å². The molecule has 0 spiro atoms. The van der Waals surface area contributed by atoms with Gasteiger partial charge in [0.2, 0.25) is 0 Å². The normalized spacial score (nSPS) is 11.0. The fourth-order valence-electron chi connectivity index (χ4n) is 2.74. The Kier molecular flexibility index (Phi) is 5.17. The number of hydrogen-bond acceptors (Lipinski definition) is 5. The van der Waals surface area contributed by atoms with Crippen molar-refractivity contribution in [2.45, 2.75) is 6.92 Å². The van der Waals surface area contributed by atoms with Crippen molar-refractivity contribution < 1.29 is 19.4 Å². The standard InChI is InChI=1S/C21H19NO4/c1-3-26-21(24)19-17-8-6-4-5-7-16(17)18(20(19)23)13-22-14-9-11-15(25-2)12-10-14/h4-13,23H,3H2,1-2H3. The lowest BCUT2D eigenvalue weighted by molar-refractivity contribution is 0.0524. The van der Waals surface area contributed by atoms with E-state index in [1.54, 1.807) is 38.4 Å². The van der Waals surface area contributed by atoms with Crippen LogP contribution in [0.4, 0.5) is 5.69 Å². The number of carbonyl (C=O) groups excluding carboxylic acids is 1. The Balaban J connectivity index is 2.06. The van der Waals surface area contributed by atoms with E-state index in [1.807, 2.05) is 36.4 Å². The first-order valence-corrected chi connectivity index (χ1v) is 8.24. The van der Waals surface area contributed by atoms with Crippen LogP contribution in [-0.4, -0.2) is 31.0 Å². The van der Waals surface area contributed by atoms with Crippen LogP contribution >= 0.6 is 0 Å². The Morgan fingerprint density at radius 1 is 1.08 bits per heavy atom. The van der Waals surface area contributed by atoms with Crippen LogP contribution in [0.5, 0.6) is 11.5 Å². The zero-order valence-corrected chi connectivity index (χ0v) is 14.6. The average molecular weight is 349 g/mol. The predicted molar refractivity (Wildman–Crippen MR) is 101 cm³/mol. The first kappa shape index (κ1) is 17.5. The van der Waals surface area contributed by atoms with Gasteiger partial charge < -0.3 is 14.6 Å². The Morgan fingerprint density at radius 3 is 2.42 bits per heavy atom. The molecule has 1 N–H and O–H groups in total. The van der Waals surface area contributed by atoms with Crippen LogP contribution in [0.15, 0.2) is 59.6 Å². The van der Waals surface area contributed by atoms with E-state index in [1.165, 1.54) is 0 Å².